The Morgan fingerprint density at radius 3 is 2.68 bits per heavy atom. The van der Waals surface area contributed by atoms with Crippen LogP contribution in [0.25, 0.3) is 0 Å². The van der Waals surface area contributed by atoms with Gasteiger partial charge in [0.2, 0.25) is 5.76 Å². The predicted molar refractivity (Wildman–Crippen MR) is 73.3 cm³/mol. The van der Waals surface area contributed by atoms with Crippen LogP contribution in [0.4, 0.5) is 0 Å². The molecular weight excluding hydrogens is 242 g/mol. The lowest BCUT2D eigenvalue weighted by Crippen LogP contribution is -2.29. The topological polar surface area (TPSA) is 53.7 Å². The predicted octanol–water partition coefficient (Wildman–Crippen LogP) is 3.55. The number of carboxylic acids is 1. The number of hydrogen-bond donors (Lipinski definition) is 1. The van der Waals surface area contributed by atoms with Crippen LogP contribution < -0.4 is 0 Å². The lowest BCUT2D eigenvalue weighted by Gasteiger charge is -2.30. The Kier molecular flexibility index (Phi) is 4.64. The van der Waals surface area contributed by atoms with Crippen molar-refractivity contribution in [3.05, 3.63) is 23.7 Å². The standard InChI is InChI=1S/C15H23NO3/c1-11(13-8-9-14(19-13)15(17)18)16(2)10-12-6-4-3-5-7-12/h8-9,11-12H,3-7,10H2,1-2H3,(H,17,18). The molecule has 0 saturated heterocycles. The monoisotopic (exact) mass is 265 g/mol. The van der Waals surface area contributed by atoms with Crippen molar-refractivity contribution in [2.45, 2.75) is 45.1 Å². The van der Waals surface area contributed by atoms with E-state index in [4.69, 9.17) is 9.52 Å². The van der Waals surface area contributed by atoms with Crippen molar-refractivity contribution in [2.75, 3.05) is 13.6 Å². The average Bonchev–Trinajstić information content (AvgIpc) is 2.88. The SMILES string of the molecule is CC(c1ccc(C(=O)O)o1)N(C)CC1CCCCC1. The van der Waals surface area contributed by atoms with Crippen molar-refractivity contribution in [3.8, 4) is 0 Å². The van der Waals surface area contributed by atoms with E-state index in [0.717, 1.165) is 18.2 Å². The summed E-state index contributed by atoms with van der Waals surface area (Å²) in [6, 6.07) is 3.42. The molecule has 1 aromatic rings. The van der Waals surface area contributed by atoms with Crippen LogP contribution in [0, 0.1) is 5.92 Å². The maximum absolute atomic E-state index is 10.8. The zero-order valence-corrected chi connectivity index (χ0v) is 11.8. The molecule has 4 nitrogen and oxygen atoms in total. The van der Waals surface area contributed by atoms with E-state index in [1.807, 2.05) is 0 Å². The molecule has 0 spiro atoms. The summed E-state index contributed by atoms with van der Waals surface area (Å²) in [5.41, 5.74) is 0. The normalized spacial score (nSPS) is 18.7. The second kappa shape index (κ2) is 6.24. The number of rotatable bonds is 5. The quantitative estimate of drug-likeness (QED) is 0.884. The lowest BCUT2D eigenvalue weighted by atomic mass is 9.89. The first kappa shape index (κ1) is 14.1. The highest BCUT2D eigenvalue weighted by Gasteiger charge is 2.21. The number of hydrogen-bond acceptors (Lipinski definition) is 3. The fourth-order valence-electron chi connectivity index (χ4n) is 2.84. The highest BCUT2D eigenvalue weighted by molar-refractivity contribution is 5.84. The Labute approximate surface area is 114 Å². The molecule has 1 N–H and O–H groups in total. The Morgan fingerprint density at radius 1 is 1.42 bits per heavy atom. The summed E-state index contributed by atoms with van der Waals surface area (Å²) in [6.07, 6.45) is 6.69. The molecule has 1 unspecified atom stereocenters. The van der Waals surface area contributed by atoms with Gasteiger partial charge in [-0.2, -0.15) is 0 Å². The number of carboxylic acid groups (broad SMARTS) is 1. The third-order valence-corrected chi connectivity index (χ3v) is 4.18. The fourth-order valence-corrected chi connectivity index (χ4v) is 2.84. The van der Waals surface area contributed by atoms with Gasteiger partial charge in [0.05, 0.1) is 6.04 Å². The van der Waals surface area contributed by atoms with Crippen LogP contribution in [-0.4, -0.2) is 29.6 Å². The van der Waals surface area contributed by atoms with Crippen molar-refractivity contribution in [1.29, 1.82) is 0 Å². The first-order chi connectivity index (χ1) is 9.08. The van der Waals surface area contributed by atoms with Crippen molar-refractivity contribution < 1.29 is 14.3 Å². The second-order valence-electron chi connectivity index (χ2n) is 5.63. The Balaban J connectivity index is 1.93. The van der Waals surface area contributed by atoms with Gasteiger partial charge in [0.15, 0.2) is 0 Å². The Morgan fingerprint density at radius 2 is 2.11 bits per heavy atom. The average molecular weight is 265 g/mol. The molecule has 2 rings (SSSR count). The number of aromatic carboxylic acids is 1. The molecule has 1 aromatic heterocycles. The Bertz CT molecular complexity index is 421. The molecule has 106 valence electrons. The minimum Gasteiger partial charge on any atom is -0.475 e. The molecule has 0 aromatic carbocycles. The van der Waals surface area contributed by atoms with E-state index in [2.05, 4.69) is 18.9 Å². The van der Waals surface area contributed by atoms with Gasteiger partial charge in [0, 0.05) is 6.54 Å². The second-order valence-corrected chi connectivity index (χ2v) is 5.63. The highest BCUT2D eigenvalue weighted by Crippen LogP contribution is 2.28. The van der Waals surface area contributed by atoms with E-state index >= 15 is 0 Å². The molecule has 0 aliphatic heterocycles. The summed E-state index contributed by atoms with van der Waals surface area (Å²) in [6.45, 7) is 3.12. The maximum atomic E-state index is 10.8. The molecule has 1 atom stereocenters. The summed E-state index contributed by atoms with van der Waals surface area (Å²) in [5, 5.41) is 8.87. The van der Waals surface area contributed by atoms with Gasteiger partial charge in [-0.1, -0.05) is 19.3 Å². The van der Waals surface area contributed by atoms with Gasteiger partial charge in [-0.05, 0) is 44.9 Å². The van der Waals surface area contributed by atoms with Crippen molar-refractivity contribution in [2.24, 2.45) is 5.92 Å². The highest BCUT2D eigenvalue weighted by atomic mass is 16.4. The van der Waals surface area contributed by atoms with Gasteiger partial charge in [0.1, 0.15) is 5.76 Å². The molecule has 0 radical (unpaired) electrons. The van der Waals surface area contributed by atoms with Crippen LogP contribution in [0.2, 0.25) is 0 Å². The first-order valence-corrected chi connectivity index (χ1v) is 7.11. The van der Waals surface area contributed by atoms with Crippen LogP contribution in [0.1, 0.15) is 61.4 Å². The van der Waals surface area contributed by atoms with Crippen LogP contribution in [0.15, 0.2) is 16.5 Å². The smallest absolute Gasteiger partial charge is 0.371 e. The van der Waals surface area contributed by atoms with Crippen molar-refractivity contribution in [1.82, 2.24) is 4.90 Å². The minimum absolute atomic E-state index is 0.0212. The van der Waals surface area contributed by atoms with Gasteiger partial charge >= 0.3 is 5.97 Å². The van der Waals surface area contributed by atoms with Gasteiger partial charge in [-0.15, -0.1) is 0 Å². The third kappa shape index (κ3) is 3.60. The number of furan rings is 1. The molecule has 1 saturated carbocycles. The molecule has 1 aliphatic rings. The van der Waals surface area contributed by atoms with E-state index in [1.54, 1.807) is 6.07 Å². The summed E-state index contributed by atoms with van der Waals surface area (Å²) in [5.74, 6) is 0.520. The van der Waals surface area contributed by atoms with Crippen LogP contribution in [-0.2, 0) is 0 Å². The zero-order valence-electron chi connectivity index (χ0n) is 11.8. The third-order valence-electron chi connectivity index (χ3n) is 4.18. The van der Waals surface area contributed by atoms with E-state index < -0.39 is 5.97 Å². The van der Waals surface area contributed by atoms with Gasteiger partial charge in [0.25, 0.3) is 0 Å². The molecular formula is C15H23NO3. The lowest BCUT2D eigenvalue weighted by molar-refractivity contribution is 0.0656. The Hall–Kier alpha value is -1.29. The summed E-state index contributed by atoms with van der Waals surface area (Å²) >= 11 is 0. The zero-order chi connectivity index (χ0) is 13.8. The van der Waals surface area contributed by atoms with E-state index in [9.17, 15) is 4.79 Å². The largest absolute Gasteiger partial charge is 0.475 e. The molecule has 1 fully saturated rings. The number of nitrogens with zero attached hydrogens (tertiary/aromatic N) is 1. The summed E-state index contributed by atoms with van der Waals surface area (Å²) in [7, 11) is 2.09. The molecule has 1 aliphatic carbocycles. The molecule has 19 heavy (non-hydrogen) atoms. The molecule has 0 amide bonds. The van der Waals surface area contributed by atoms with Crippen LogP contribution in [0.3, 0.4) is 0 Å². The van der Waals surface area contributed by atoms with Gasteiger partial charge < -0.3 is 9.52 Å². The number of carbonyl (C=O) groups is 1. The molecule has 4 heteroatoms. The van der Waals surface area contributed by atoms with Crippen LogP contribution in [0.5, 0.6) is 0 Å². The minimum atomic E-state index is -1.01. The van der Waals surface area contributed by atoms with E-state index in [-0.39, 0.29) is 11.8 Å². The van der Waals surface area contributed by atoms with E-state index in [0.29, 0.717) is 0 Å². The maximum Gasteiger partial charge on any atom is 0.371 e. The van der Waals surface area contributed by atoms with Gasteiger partial charge in [-0.3, -0.25) is 4.90 Å². The first-order valence-electron chi connectivity index (χ1n) is 7.11. The molecule has 0 bridgehead atoms. The van der Waals surface area contributed by atoms with Crippen molar-refractivity contribution in [3.63, 3.8) is 0 Å². The summed E-state index contributed by atoms with van der Waals surface area (Å²) < 4.78 is 5.38. The summed E-state index contributed by atoms with van der Waals surface area (Å²) in [4.78, 5) is 13.1. The van der Waals surface area contributed by atoms with Crippen molar-refractivity contribution >= 4 is 5.97 Å². The van der Waals surface area contributed by atoms with E-state index in [1.165, 1.54) is 38.2 Å². The fraction of sp³-hybridized carbons (Fsp3) is 0.667. The van der Waals surface area contributed by atoms with Gasteiger partial charge in [-0.25, -0.2) is 4.79 Å². The molecule has 1 heterocycles. The van der Waals surface area contributed by atoms with Crippen LogP contribution >= 0.6 is 0 Å².